The number of alkyl halides is 3. The Labute approximate surface area is 114 Å². The molecule has 0 radical (unpaired) electrons. The maximum absolute atomic E-state index is 12.7. The molecule has 0 aromatic carbocycles. The van der Waals surface area contributed by atoms with Gasteiger partial charge in [-0.05, 0) is 25.7 Å². The van der Waals surface area contributed by atoms with E-state index in [1.54, 1.807) is 6.92 Å². The lowest BCUT2D eigenvalue weighted by Crippen LogP contribution is -2.22. The molecule has 5 nitrogen and oxygen atoms in total. The smallest absolute Gasteiger partial charge is 0.391 e. The molecule has 0 amide bonds. The highest BCUT2D eigenvalue weighted by atomic mass is 19.4. The summed E-state index contributed by atoms with van der Waals surface area (Å²) in [4.78, 5) is 7.36. The molecule has 1 aromatic rings. The lowest BCUT2D eigenvalue weighted by atomic mass is 10.2. The average Bonchev–Trinajstić information content (AvgIpc) is 3.19. The van der Waals surface area contributed by atoms with E-state index in [4.69, 9.17) is 0 Å². The van der Waals surface area contributed by atoms with E-state index in [1.165, 1.54) is 0 Å². The van der Waals surface area contributed by atoms with Gasteiger partial charge in [0, 0.05) is 19.2 Å². The van der Waals surface area contributed by atoms with Crippen molar-refractivity contribution in [2.75, 3.05) is 23.7 Å². The fraction of sp³-hybridized carbons (Fsp3) is 0.667. The van der Waals surface area contributed by atoms with E-state index in [0.29, 0.717) is 6.54 Å². The van der Waals surface area contributed by atoms with Gasteiger partial charge in [0.25, 0.3) is 0 Å². The number of hydrogen-bond donors (Lipinski definition) is 3. The molecule has 8 heteroatoms. The molecular weight excluding hydrogens is 273 g/mol. The van der Waals surface area contributed by atoms with Crippen molar-refractivity contribution in [3.05, 3.63) is 11.8 Å². The lowest BCUT2D eigenvalue weighted by molar-refractivity contribution is -0.141. The molecule has 1 aliphatic rings. The fourth-order valence-corrected chi connectivity index (χ4v) is 1.78. The van der Waals surface area contributed by atoms with E-state index < -0.39 is 18.0 Å². The van der Waals surface area contributed by atoms with Crippen molar-refractivity contribution >= 4 is 11.8 Å². The van der Waals surface area contributed by atoms with E-state index >= 15 is 0 Å². The summed E-state index contributed by atoms with van der Waals surface area (Å²) in [6, 6.07) is 0.848. The molecule has 112 valence electrons. The second kappa shape index (κ2) is 5.82. The zero-order valence-electron chi connectivity index (χ0n) is 11.0. The number of anilines is 2. The number of halogens is 3. The van der Waals surface area contributed by atoms with E-state index in [0.717, 1.165) is 18.9 Å². The van der Waals surface area contributed by atoms with Crippen LogP contribution in [0.2, 0.25) is 0 Å². The van der Waals surface area contributed by atoms with Gasteiger partial charge in [0.2, 0.25) is 5.95 Å². The molecule has 3 N–H and O–H groups in total. The maximum Gasteiger partial charge on any atom is 0.433 e. The fourth-order valence-electron chi connectivity index (χ4n) is 1.78. The number of nitrogens with zero attached hydrogens (tertiary/aromatic N) is 2. The van der Waals surface area contributed by atoms with Crippen LogP contribution in [0.4, 0.5) is 24.9 Å². The standard InChI is InChI=1S/C12H17F3N4O/c1-2-16-11-18-9(12(13,14)15)5-10(19-11)17-6-8(20)7-3-4-7/h5,7-8,20H,2-4,6H2,1H3,(H2,16,17,18,19). The van der Waals surface area contributed by atoms with Gasteiger partial charge in [0.15, 0.2) is 5.69 Å². The highest BCUT2D eigenvalue weighted by molar-refractivity contribution is 5.43. The third-order valence-electron chi connectivity index (χ3n) is 3.01. The normalized spacial score (nSPS) is 16.9. The highest BCUT2D eigenvalue weighted by Crippen LogP contribution is 2.33. The van der Waals surface area contributed by atoms with Crippen LogP contribution in [-0.4, -0.2) is 34.3 Å². The summed E-state index contributed by atoms with van der Waals surface area (Å²) in [5, 5.41) is 15.1. The Balaban J connectivity index is 2.11. The molecule has 1 aliphatic carbocycles. The predicted molar refractivity (Wildman–Crippen MR) is 68.4 cm³/mol. The molecule has 1 saturated carbocycles. The second-order valence-electron chi connectivity index (χ2n) is 4.78. The van der Waals surface area contributed by atoms with Gasteiger partial charge >= 0.3 is 6.18 Å². The third-order valence-corrected chi connectivity index (χ3v) is 3.01. The van der Waals surface area contributed by atoms with Crippen LogP contribution in [0.25, 0.3) is 0 Å². The Bertz CT molecular complexity index is 463. The number of aliphatic hydroxyl groups excluding tert-OH is 1. The minimum absolute atomic E-state index is 0.0583. The Morgan fingerprint density at radius 3 is 2.60 bits per heavy atom. The average molecular weight is 290 g/mol. The first-order chi connectivity index (χ1) is 9.40. The van der Waals surface area contributed by atoms with Gasteiger partial charge in [-0.2, -0.15) is 18.2 Å². The Hall–Kier alpha value is -1.57. The van der Waals surface area contributed by atoms with Crippen molar-refractivity contribution in [2.24, 2.45) is 5.92 Å². The van der Waals surface area contributed by atoms with Crippen molar-refractivity contribution in [3.63, 3.8) is 0 Å². The zero-order valence-corrected chi connectivity index (χ0v) is 11.0. The van der Waals surface area contributed by atoms with E-state index in [1.807, 2.05) is 0 Å². The van der Waals surface area contributed by atoms with Crippen molar-refractivity contribution in [1.29, 1.82) is 0 Å². The van der Waals surface area contributed by atoms with Crippen LogP contribution >= 0.6 is 0 Å². The van der Waals surface area contributed by atoms with Crippen molar-refractivity contribution < 1.29 is 18.3 Å². The predicted octanol–water partition coefficient (Wildman–Crippen LogP) is 2.11. The summed E-state index contributed by atoms with van der Waals surface area (Å²) in [5.74, 6) is 0.230. The summed E-state index contributed by atoms with van der Waals surface area (Å²) < 4.78 is 38.2. The Morgan fingerprint density at radius 2 is 2.05 bits per heavy atom. The van der Waals surface area contributed by atoms with Gasteiger partial charge in [-0.15, -0.1) is 0 Å². The molecule has 2 rings (SSSR count). The minimum atomic E-state index is -4.53. The van der Waals surface area contributed by atoms with Gasteiger partial charge in [-0.1, -0.05) is 0 Å². The summed E-state index contributed by atoms with van der Waals surface area (Å²) in [6.07, 6.45) is -3.16. The largest absolute Gasteiger partial charge is 0.433 e. The first-order valence-corrected chi connectivity index (χ1v) is 6.52. The molecule has 20 heavy (non-hydrogen) atoms. The van der Waals surface area contributed by atoms with Gasteiger partial charge in [0.1, 0.15) is 5.82 Å². The van der Waals surface area contributed by atoms with Gasteiger partial charge in [-0.3, -0.25) is 0 Å². The summed E-state index contributed by atoms with van der Waals surface area (Å²) in [7, 11) is 0. The van der Waals surface area contributed by atoms with Crippen LogP contribution in [-0.2, 0) is 6.18 Å². The maximum atomic E-state index is 12.7. The number of hydrogen-bond acceptors (Lipinski definition) is 5. The van der Waals surface area contributed by atoms with Crippen LogP contribution in [0.1, 0.15) is 25.5 Å². The molecule has 1 aromatic heterocycles. The molecule has 0 saturated heterocycles. The van der Waals surface area contributed by atoms with Crippen molar-refractivity contribution in [3.8, 4) is 0 Å². The minimum Gasteiger partial charge on any atom is -0.391 e. The first kappa shape index (κ1) is 14.8. The van der Waals surface area contributed by atoms with E-state index in [9.17, 15) is 18.3 Å². The molecule has 1 unspecified atom stereocenters. The SMILES string of the molecule is CCNc1nc(NCC(O)C2CC2)cc(C(F)(F)F)n1. The monoisotopic (exact) mass is 290 g/mol. The van der Waals surface area contributed by atoms with Crippen molar-refractivity contribution in [1.82, 2.24) is 9.97 Å². The van der Waals surface area contributed by atoms with Crippen LogP contribution < -0.4 is 10.6 Å². The lowest BCUT2D eigenvalue weighted by Gasteiger charge is -2.14. The summed E-state index contributed by atoms with van der Waals surface area (Å²) in [6.45, 7) is 2.35. The van der Waals surface area contributed by atoms with E-state index in [2.05, 4.69) is 20.6 Å². The topological polar surface area (TPSA) is 70.1 Å². The molecule has 1 atom stereocenters. The molecule has 0 spiro atoms. The van der Waals surface area contributed by atoms with Gasteiger partial charge in [0.05, 0.1) is 6.10 Å². The molecule has 0 aliphatic heterocycles. The Morgan fingerprint density at radius 1 is 1.35 bits per heavy atom. The van der Waals surface area contributed by atoms with Crippen LogP contribution in [0.3, 0.4) is 0 Å². The summed E-state index contributed by atoms with van der Waals surface area (Å²) in [5.41, 5.74) is -1.01. The van der Waals surface area contributed by atoms with Gasteiger partial charge < -0.3 is 15.7 Å². The molecular formula is C12H17F3N4O. The van der Waals surface area contributed by atoms with E-state index in [-0.39, 0.29) is 24.2 Å². The molecule has 1 fully saturated rings. The zero-order chi connectivity index (χ0) is 14.8. The number of rotatable bonds is 6. The van der Waals surface area contributed by atoms with Crippen LogP contribution in [0.5, 0.6) is 0 Å². The van der Waals surface area contributed by atoms with Crippen molar-refractivity contribution in [2.45, 2.75) is 32.0 Å². The van der Waals surface area contributed by atoms with Crippen LogP contribution in [0.15, 0.2) is 6.07 Å². The van der Waals surface area contributed by atoms with Gasteiger partial charge in [-0.25, -0.2) is 4.98 Å². The quantitative estimate of drug-likeness (QED) is 0.748. The molecule has 0 bridgehead atoms. The number of aromatic nitrogens is 2. The second-order valence-corrected chi connectivity index (χ2v) is 4.78. The third kappa shape index (κ3) is 3.96. The highest BCUT2D eigenvalue weighted by Gasteiger charge is 2.34. The molecule has 1 heterocycles. The number of aliphatic hydroxyl groups is 1. The van der Waals surface area contributed by atoms with Crippen LogP contribution in [0, 0.1) is 5.92 Å². The Kier molecular flexibility index (Phi) is 4.32. The number of nitrogens with one attached hydrogen (secondary N) is 2. The summed E-state index contributed by atoms with van der Waals surface area (Å²) >= 11 is 0. The first-order valence-electron chi connectivity index (χ1n) is 6.52.